The smallest absolute Gasteiger partial charge is 0.256 e. The lowest BCUT2D eigenvalue weighted by Crippen LogP contribution is -2.48. The van der Waals surface area contributed by atoms with Crippen molar-refractivity contribution in [2.24, 2.45) is 0 Å². The number of fused-ring (bicyclic) bond motifs is 3. The summed E-state index contributed by atoms with van der Waals surface area (Å²) in [6, 6.07) is 7.45. The van der Waals surface area contributed by atoms with Crippen LogP contribution < -0.4 is 5.32 Å². The Bertz CT molecular complexity index is 561. The fourth-order valence-corrected chi connectivity index (χ4v) is 4.15. The van der Waals surface area contributed by atoms with Crippen LogP contribution in [0.1, 0.15) is 41.6 Å². The highest BCUT2D eigenvalue weighted by Crippen LogP contribution is 2.47. The number of nitrogens with one attached hydrogen (secondary N) is 1. The first-order chi connectivity index (χ1) is 9.63. The van der Waals surface area contributed by atoms with Gasteiger partial charge in [0.15, 0.2) is 0 Å². The molecule has 3 atom stereocenters. The van der Waals surface area contributed by atoms with Gasteiger partial charge in [0.2, 0.25) is 5.91 Å². The molecule has 3 rings (SSSR count). The summed E-state index contributed by atoms with van der Waals surface area (Å²) in [5, 5.41) is 2.99. The number of carbonyl (C=O) groups excluding carboxylic acids is 2. The maximum absolute atomic E-state index is 12.5. The van der Waals surface area contributed by atoms with Crippen LogP contribution >= 0.6 is 11.8 Å². The fraction of sp³-hybridized carbons (Fsp3) is 0.467. The van der Waals surface area contributed by atoms with E-state index in [4.69, 9.17) is 0 Å². The number of hydrogen-bond donors (Lipinski definition) is 1. The van der Waals surface area contributed by atoms with Crippen LogP contribution in [-0.4, -0.2) is 34.6 Å². The third kappa shape index (κ3) is 2.00. The Kier molecular flexibility index (Phi) is 3.46. The number of thioether (sulfide) groups is 1. The summed E-state index contributed by atoms with van der Waals surface area (Å²) < 4.78 is 0. The normalized spacial score (nSPS) is 25.3. The van der Waals surface area contributed by atoms with E-state index >= 15 is 0 Å². The maximum atomic E-state index is 12.5. The predicted octanol–water partition coefficient (Wildman–Crippen LogP) is 2.17. The van der Waals surface area contributed by atoms with Crippen molar-refractivity contribution in [1.29, 1.82) is 0 Å². The number of benzene rings is 1. The molecule has 2 aliphatic rings. The predicted molar refractivity (Wildman–Crippen MR) is 79.5 cm³/mol. The van der Waals surface area contributed by atoms with Crippen molar-refractivity contribution >= 4 is 23.6 Å². The molecule has 20 heavy (non-hydrogen) atoms. The van der Waals surface area contributed by atoms with E-state index in [0.29, 0.717) is 5.75 Å². The molecule has 1 aromatic rings. The molecule has 0 unspecified atom stereocenters. The van der Waals surface area contributed by atoms with Gasteiger partial charge in [0, 0.05) is 17.4 Å². The van der Waals surface area contributed by atoms with E-state index in [9.17, 15) is 9.59 Å². The van der Waals surface area contributed by atoms with Crippen LogP contribution in [0, 0.1) is 0 Å². The number of hydrogen-bond acceptors (Lipinski definition) is 3. The van der Waals surface area contributed by atoms with E-state index in [0.717, 1.165) is 17.5 Å². The van der Waals surface area contributed by atoms with Crippen LogP contribution in [0.25, 0.3) is 0 Å². The standard InChI is InChI=1S/C15H18N2O2S/c1-3-9(2)16-13(18)12-8-20-15-11-7-5-4-6-10(11)14(19)17(12)15/h4-7,9,12,15H,3,8H2,1-2H3,(H,16,18)/t9-,12+,15-/m1/s1. The van der Waals surface area contributed by atoms with Gasteiger partial charge < -0.3 is 10.2 Å². The Morgan fingerprint density at radius 1 is 1.50 bits per heavy atom. The van der Waals surface area contributed by atoms with Crippen LogP contribution in [0.2, 0.25) is 0 Å². The molecule has 2 amide bonds. The molecule has 1 saturated heterocycles. The second-order valence-corrected chi connectivity index (χ2v) is 6.43. The molecule has 0 bridgehead atoms. The van der Waals surface area contributed by atoms with Crippen molar-refractivity contribution < 1.29 is 9.59 Å². The molecule has 1 aromatic carbocycles. The van der Waals surface area contributed by atoms with Gasteiger partial charge in [-0.1, -0.05) is 25.1 Å². The summed E-state index contributed by atoms with van der Waals surface area (Å²) in [4.78, 5) is 26.6. The number of carbonyl (C=O) groups is 2. The summed E-state index contributed by atoms with van der Waals surface area (Å²) in [5.41, 5.74) is 1.78. The third-order valence-corrected chi connectivity index (χ3v) is 5.30. The van der Waals surface area contributed by atoms with E-state index < -0.39 is 0 Å². The molecule has 1 fully saturated rings. The summed E-state index contributed by atoms with van der Waals surface area (Å²) >= 11 is 1.67. The molecule has 0 aromatic heterocycles. The van der Waals surface area contributed by atoms with Crippen LogP contribution in [0.5, 0.6) is 0 Å². The van der Waals surface area contributed by atoms with E-state index in [2.05, 4.69) is 5.32 Å². The minimum Gasteiger partial charge on any atom is -0.352 e. The molecule has 5 heteroatoms. The van der Waals surface area contributed by atoms with Crippen LogP contribution in [0.4, 0.5) is 0 Å². The van der Waals surface area contributed by atoms with Gasteiger partial charge in [-0.25, -0.2) is 0 Å². The van der Waals surface area contributed by atoms with Gasteiger partial charge in [-0.3, -0.25) is 9.59 Å². The molecular weight excluding hydrogens is 272 g/mol. The number of nitrogens with zero attached hydrogens (tertiary/aromatic N) is 1. The Labute approximate surface area is 122 Å². The molecule has 1 N–H and O–H groups in total. The summed E-state index contributed by atoms with van der Waals surface area (Å²) in [6.45, 7) is 4.02. The van der Waals surface area contributed by atoms with E-state index in [1.165, 1.54) is 0 Å². The molecule has 0 saturated carbocycles. The average molecular weight is 290 g/mol. The summed E-state index contributed by atoms with van der Waals surface area (Å²) in [5.74, 6) is 0.628. The molecule has 2 heterocycles. The van der Waals surface area contributed by atoms with Crippen molar-refractivity contribution in [3.8, 4) is 0 Å². The average Bonchev–Trinajstić information content (AvgIpc) is 3.00. The maximum Gasteiger partial charge on any atom is 0.256 e. The van der Waals surface area contributed by atoms with Gasteiger partial charge in [-0.05, 0) is 25.0 Å². The first-order valence-corrected chi connectivity index (χ1v) is 8.02. The SMILES string of the molecule is CC[C@@H](C)NC(=O)[C@@H]1CS[C@@H]2c3ccccc3C(=O)N21. The highest BCUT2D eigenvalue weighted by atomic mass is 32.2. The van der Waals surface area contributed by atoms with Crippen molar-refractivity contribution in [2.45, 2.75) is 37.7 Å². The highest BCUT2D eigenvalue weighted by molar-refractivity contribution is 7.99. The van der Waals surface area contributed by atoms with E-state index in [1.54, 1.807) is 16.7 Å². The van der Waals surface area contributed by atoms with Gasteiger partial charge in [-0.2, -0.15) is 0 Å². The summed E-state index contributed by atoms with van der Waals surface area (Å²) in [6.07, 6.45) is 0.892. The second-order valence-electron chi connectivity index (χ2n) is 5.32. The quantitative estimate of drug-likeness (QED) is 0.928. The Balaban J connectivity index is 1.83. The largest absolute Gasteiger partial charge is 0.352 e. The first kappa shape index (κ1) is 13.5. The minimum absolute atomic E-state index is 0.00591. The van der Waals surface area contributed by atoms with Crippen molar-refractivity contribution in [3.63, 3.8) is 0 Å². The zero-order valence-corrected chi connectivity index (χ0v) is 12.4. The molecule has 0 radical (unpaired) electrons. The van der Waals surface area contributed by atoms with Crippen molar-refractivity contribution in [2.75, 3.05) is 5.75 Å². The molecule has 106 valence electrons. The number of amides is 2. The third-order valence-electron chi connectivity index (χ3n) is 4.00. The van der Waals surface area contributed by atoms with Crippen LogP contribution in [0.15, 0.2) is 24.3 Å². The Morgan fingerprint density at radius 2 is 2.25 bits per heavy atom. The highest BCUT2D eigenvalue weighted by Gasteiger charge is 2.48. The van der Waals surface area contributed by atoms with E-state index in [1.807, 2.05) is 38.1 Å². The molecule has 2 aliphatic heterocycles. The minimum atomic E-state index is -0.348. The van der Waals surface area contributed by atoms with Crippen molar-refractivity contribution in [3.05, 3.63) is 35.4 Å². The second kappa shape index (κ2) is 5.13. The number of rotatable bonds is 3. The molecule has 4 nitrogen and oxygen atoms in total. The topological polar surface area (TPSA) is 49.4 Å². The lowest BCUT2D eigenvalue weighted by molar-refractivity contribution is -0.125. The van der Waals surface area contributed by atoms with Crippen LogP contribution in [0.3, 0.4) is 0 Å². The monoisotopic (exact) mass is 290 g/mol. The lowest BCUT2D eigenvalue weighted by Gasteiger charge is -2.24. The van der Waals surface area contributed by atoms with Gasteiger partial charge >= 0.3 is 0 Å². The zero-order chi connectivity index (χ0) is 14.3. The first-order valence-electron chi connectivity index (χ1n) is 6.97. The van der Waals surface area contributed by atoms with E-state index in [-0.39, 0.29) is 29.3 Å². The molecule has 0 aliphatic carbocycles. The van der Waals surface area contributed by atoms with Gasteiger partial charge in [0.05, 0.1) is 0 Å². The Morgan fingerprint density at radius 3 is 3.00 bits per heavy atom. The van der Waals surface area contributed by atoms with Gasteiger partial charge in [0.1, 0.15) is 11.4 Å². The Hall–Kier alpha value is -1.49. The molecular formula is C15H18N2O2S. The van der Waals surface area contributed by atoms with Crippen molar-refractivity contribution in [1.82, 2.24) is 10.2 Å². The molecule has 0 spiro atoms. The zero-order valence-electron chi connectivity index (χ0n) is 11.6. The lowest BCUT2D eigenvalue weighted by atomic mass is 10.1. The van der Waals surface area contributed by atoms with Gasteiger partial charge in [-0.15, -0.1) is 11.8 Å². The van der Waals surface area contributed by atoms with Gasteiger partial charge in [0.25, 0.3) is 5.91 Å². The fourth-order valence-electron chi connectivity index (χ4n) is 2.68. The van der Waals surface area contributed by atoms with Crippen LogP contribution in [-0.2, 0) is 4.79 Å². The summed E-state index contributed by atoms with van der Waals surface area (Å²) in [7, 11) is 0.